The van der Waals surface area contributed by atoms with Crippen molar-refractivity contribution in [2.75, 3.05) is 18.4 Å². The molecule has 2 atom stereocenters. The number of aromatic nitrogens is 4. The molecule has 3 aromatic rings. The van der Waals surface area contributed by atoms with E-state index in [4.69, 9.17) is 0 Å². The van der Waals surface area contributed by atoms with Gasteiger partial charge in [-0.1, -0.05) is 19.1 Å². The van der Waals surface area contributed by atoms with Gasteiger partial charge in [0, 0.05) is 6.04 Å². The van der Waals surface area contributed by atoms with Crippen molar-refractivity contribution in [3.63, 3.8) is 0 Å². The Balaban J connectivity index is 1.68. The zero-order valence-corrected chi connectivity index (χ0v) is 14.1. The summed E-state index contributed by atoms with van der Waals surface area (Å²) in [5, 5.41) is 7.00. The van der Waals surface area contributed by atoms with E-state index in [0.717, 1.165) is 42.2 Å². The first-order chi connectivity index (χ1) is 12.2. The normalized spacial score (nSPS) is 20.7. The van der Waals surface area contributed by atoms with E-state index in [1.54, 1.807) is 18.3 Å². The number of halogens is 1. The quantitative estimate of drug-likeness (QED) is 0.763. The second-order valence-electron chi connectivity index (χ2n) is 6.60. The monoisotopic (exact) mass is 340 g/mol. The Kier molecular flexibility index (Phi) is 4.31. The van der Waals surface area contributed by atoms with Crippen molar-refractivity contribution in [1.29, 1.82) is 0 Å². The molecule has 2 N–H and O–H groups in total. The van der Waals surface area contributed by atoms with E-state index in [-0.39, 0.29) is 5.82 Å². The maximum Gasteiger partial charge on any atom is 0.205 e. The largest absolute Gasteiger partial charge is 0.352 e. The average Bonchev–Trinajstić information content (AvgIpc) is 2.96. The van der Waals surface area contributed by atoms with Crippen LogP contribution in [0.1, 0.15) is 18.9 Å². The van der Waals surface area contributed by atoms with Crippen molar-refractivity contribution >= 4 is 17.1 Å². The van der Waals surface area contributed by atoms with Crippen molar-refractivity contribution in [2.45, 2.75) is 25.9 Å². The first-order valence-electron chi connectivity index (χ1n) is 8.58. The highest BCUT2D eigenvalue weighted by Crippen LogP contribution is 2.22. The predicted octanol–water partition coefficient (Wildman–Crippen LogP) is 2.42. The molecule has 7 heteroatoms. The molecule has 3 heterocycles. The third kappa shape index (κ3) is 3.32. The lowest BCUT2D eigenvalue weighted by Gasteiger charge is -2.30. The van der Waals surface area contributed by atoms with E-state index in [1.165, 1.54) is 18.5 Å². The molecule has 0 spiro atoms. The Morgan fingerprint density at radius 3 is 2.96 bits per heavy atom. The summed E-state index contributed by atoms with van der Waals surface area (Å²) in [5.41, 5.74) is 2.54. The number of nitrogens with one attached hydrogen (secondary N) is 2. The number of piperidine rings is 1. The summed E-state index contributed by atoms with van der Waals surface area (Å²) in [4.78, 5) is 13.2. The van der Waals surface area contributed by atoms with Crippen LogP contribution in [0, 0.1) is 11.7 Å². The minimum Gasteiger partial charge on any atom is -0.352 e. The van der Waals surface area contributed by atoms with E-state index < -0.39 is 0 Å². The van der Waals surface area contributed by atoms with Gasteiger partial charge in [0.15, 0.2) is 5.65 Å². The number of nitrogens with zero attached hydrogens (tertiary/aromatic N) is 4. The molecule has 0 amide bonds. The fraction of sp³-hybridized carbons (Fsp3) is 0.389. The number of fused-ring (bicyclic) bond motifs is 1. The minimum absolute atomic E-state index is 0.233. The van der Waals surface area contributed by atoms with E-state index in [2.05, 4.69) is 32.5 Å². The molecule has 1 fully saturated rings. The zero-order chi connectivity index (χ0) is 17.2. The molecule has 1 aliphatic heterocycles. The van der Waals surface area contributed by atoms with Crippen LogP contribution in [0.25, 0.3) is 11.2 Å². The summed E-state index contributed by atoms with van der Waals surface area (Å²) < 4.78 is 15.2. The molecule has 1 aromatic carbocycles. The van der Waals surface area contributed by atoms with Crippen LogP contribution in [0.2, 0.25) is 0 Å². The molecule has 0 radical (unpaired) electrons. The Labute approximate surface area is 145 Å². The molecule has 0 aliphatic carbocycles. The topological polar surface area (TPSA) is 67.7 Å². The molecule has 0 unspecified atom stereocenters. The Bertz CT molecular complexity index is 860. The lowest BCUT2D eigenvalue weighted by atomic mass is 9.95. The molecule has 25 heavy (non-hydrogen) atoms. The highest BCUT2D eigenvalue weighted by molar-refractivity contribution is 5.73. The van der Waals surface area contributed by atoms with Crippen LogP contribution in [0.15, 0.2) is 36.8 Å². The maximum absolute atomic E-state index is 13.2. The Hall–Kier alpha value is -2.54. The lowest BCUT2D eigenvalue weighted by Crippen LogP contribution is -2.42. The van der Waals surface area contributed by atoms with Gasteiger partial charge in [0.1, 0.15) is 17.7 Å². The van der Waals surface area contributed by atoms with Crippen molar-refractivity contribution < 1.29 is 4.39 Å². The van der Waals surface area contributed by atoms with Crippen LogP contribution in [0.3, 0.4) is 0 Å². The van der Waals surface area contributed by atoms with Crippen LogP contribution in [-0.2, 0) is 6.54 Å². The summed E-state index contributed by atoms with van der Waals surface area (Å²) in [7, 11) is 0. The van der Waals surface area contributed by atoms with E-state index in [0.29, 0.717) is 18.5 Å². The standard InChI is InChI=1S/C18H21FN6/c1-12-8-20-7-6-15(12)23-18-24-16-9-21-11-22-17(16)25(18)10-13-2-4-14(19)5-3-13/h2-5,9,11-12,15,20H,6-8,10H2,1H3,(H,23,24)/t12-,15+/m1/s1. The van der Waals surface area contributed by atoms with Crippen molar-refractivity contribution in [2.24, 2.45) is 5.92 Å². The van der Waals surface area contributed by atoms with Gasteiger partial charge in [-0.25, -0.2) is 19.3 Å². The molecule has 1 saturated heterocycles. The van der Waals surface area contributed by atoms with Crippen LogP contribution >= 0.6 is 0 Å². The SMILES string of the molecule is C[C@@H]1CNCC[C@@H]1Nc1nc2cncnc2n1Cc1ccc(F)cc1. The van der Waals surface area contributed by atoms with Gasteiger partial charge in [-0.3, -0.25) is 4.57 Å². The molecule has 1 aliphatic rings. The molecule has 130 valence electrons. The summed E-state index contributed by atoms with van der Waals surface area (Å²) in [6, 6.07) is 6.90. The molecule has 6 nitrogen and oxygen atoms in total. The minimum atomic E-state index is -0.233. The van der Waals surface area contributed by atoms with Gasteiger partial charge in [-0.15, -0.1) is 0 Å². The van der Waals surface area contributed by atoms with E-state index in [1.807, 2.05) is 4.57 Å². The summed E-state index contributed by atoms with van der Waals surface area (Å²) in [5.74, 6) is 1.07. The summed E-state index contributed by atoms with van der Waals surface area (Å²) in [6.07, 6.45) is 4.30. The van der Waals surface area contributed by atoms with Gasteiger partial charge in [0.25, 0.3) is 0 Å². The lowest BCUT2D eigenvalue weighted by molar-refractivity contribution is 0.366. The number of anilines is 1. The number of benzene rings is 1. The molecule has 0 bridgehead atoms. The number of hydrogen-bond donors (Lipinski definition) is 2. The highest BCUT2D eigenvalue weighted by Gasteiger charge is 2.23. The molecule has 0 saturated carbocycles. The van der Waals surface area contributed by atoms with Crippen LogP contribution in [0.5, 0.6) is 0 Å². The summed E-state index contributed by atoms with van der Waals surface area (Å²) >= 11 is 0. The predicted molar refractivity (Wildman–Crippen MR) is 94.9 cm³/mol. The fourth-order valence-corrected chi connectivity index (χ4v) is 3.30. The second kappa shape index (κ2) is 6.76. The molecular formula is C18H21FN6. The molecule has 4 rings (SSSR count). The van der Waals surface area contributed by atoms with E-state index >= 15 is 0 Å². The van der Waals surface area contributed by atoms with Crippen LogP contribution in [-0.4, -0.2) is 38.7 Å². The molecular weight excluding hydrogens is 319 g/mol. The van der Waals surface area contributed by atoms with Gasteiger partial charge in [-0.2, -0.15) is 0 Å². The van der Waals surface area contributed by atoms with Crippen molar-refractivity contribution in [1.82, 2.24) is 24.8 Å². The van der Waals surface area contributed by atoms with Crippen LogP contribution < -0.4 is 10.6 Å². The Morgan fingerprint density at radius 1 is 1.32 bits per heavy atom. The number of rotatable bonds is 4. The van der Waals surface area contributed by atoms with Gasteiger partial charge in [0.05, 0.1) is 12.7 Å². The number of hydrogen-bond acceptors (Lipinski definition) is 5. The van der Waals surface area contributed by atoms with Gasteiger partial charge >= 0.3 is 0 Å². The van der Waals surface area contributed by atoms with Crippen LogP contribution in [0.4, 0.5) is 10.3 Å². The second-order valence-corrected chi connectivity index (χ2v) is 6.60. The third-order valence-electron chi connectivity index (χ3n) is 4.76. The summed E-state index contributed by atoms with van der Waals surface area (Å²) in [6.45, 7) is 4.81. The first-order valence-corrected chi connectivity index (χ1v) is 8.58. The van der Waals surface area contributed by atoms with E-state index in [9.17, 15) is 4.39 Å². The highest BCUT2D eigenvalue weighted by atomic mass is 19.1. The van der Waals surface area contributed by atoms with Gasteiger partial charge in [0.2, 0.25) is 5.95 Å². The van der Waals surface area contributed by atoms with Gasteiger partial charge < -0.3 is 10.6 Å². The smallest absolute Gasteiger partial charge is 0.205 e. The molecule has 2 aromatic heterocycles. The van der Waals surface area contributed by atoms with Gasteiger partial charge in [-0.05, 0) is 43.1 Å². The van der Waals surface area contributed by atoms with Crippen molar-refractivity contribution in [3.05, 3.63) is 48.2 Å². The maximum atomic E-state index is 13.2. The third-order valence-corrected chi connectivity index (χ3v) is 4.76. The first kappa shape index (κ1) is 16.0. The van der Waals surface area contributed by atoms with Crippen molar-refractivity contribution in [3.8, 4) is 0 Å². The number of imidazole rings is 1. The zero-order valence-electron chi connectivity index (χ0n) is 14.1. The fourth-order valence-electron chi connectivity index (χ4n) is 3.30. The average molecular weight is 340 g/mol. The Morgan fingerprint density at radius 2 is 2.16 bits per heavy atom.